The molecule has 1 aromatic carbocycles. The molecule has 1 aromatic heterocycles. The summed E-state index contributed by atoms with van der Waals surface area (Å²) in [6, 6.07) is 9.37. The van der Waals surface area contributed by atoms with E-state index >= 15 is 0 Å². The minimum absolute atomic E-state index is 0.697. The Bertz CT molecular complexity index is 509. The molecule has 0 aliphatic heterocycles. The second-order valence-corrected chi connectivity index (χ2v) is 5.86. The Kier molecular flexibility index (Phi) is 3.02. The highest BCUT2D eigenvalue weighted by Gasteiger charge is 2.21. The van der Waals surface area contributed by atoms with Crippen molar-refractivity contribution in [2.24, 2.45) is 5.92 Å². The standard InChI is InChI=1S/C16H22N2/c1-12-5-3-7-14(9-12)16-11-18(17-16)15-8-4-6-13(2)10-15/h3,5,7,9,11,13,15,17H,4,6,8,10H2,1-2H3. The molecule has 0 spiro atoms. The molecule has 2 nitrogen and oxygen atoms in total. The van der Waals surface area contributed by atoms with Gasteiger partial charge in [0, 0.05) is 11.8 Å². The van der Waals surface area contributed by atoms with Crippen molar-refractivity contribution in [3.05, 3.63) is 36.0 Å². The van der Waals surface area contributed by atoms with Gasteiger partial charge in [-0.05, 0) is 31.7 Å². The van der Waals surface area contributed by atoms with Crippen LogP contribution in [0.3, 0.4) is 0 Å². The van der Waals surface area contributed by atoms with Gasteiger partial charge in [0.2, 0.25) is 0 Å². The van der Waals surface area contributed by atoms with Crippen LogP contribution in [-0.2, 0) is 0 Å². The average molecular weight is 242 g/mol. The van der Waals surface area contributed by atoms with Crippen LogP contribution < -0.4 is 0 Å². The maximum Gasteiger partial charge on any atom is 0.0792 e. The highest BCUT2D eigenvalue weighted by Crippen LogP contribution is 2.33. The molecular formula is C16H22N2. The van der Waals surface area contributed by atoms with Gasteiger partial charge >= 0.3 is 0 Å². The van der Waals surface area contributed by atoms with Gasteiger partial charge in [0.1, 0.15) is 0 Å². The fourth-order valence-corrected chi connectivity index (χ4v) is 3.08. The Labute approximate surface area is 109 Å². The lowest BCUT2D eigenvalue weighted by Crippen LogP contribution is -2.22. The molecule has 2 unspecified atom stereocenters. The molecule has 0 saturated heterocycles. The van der Waals surface area contributed by atoms with Gasteiger partial charge in [-0.3, -0.25) is 9.78 Å². The fraction of sp³-hybridized carbons (Fsp3) is 0.500. The summed E-state index contributed by atoms with van der Waals surface area (Å²) in [5.41, 5.74) is 3.88. The van der Waals surface area contributed by atoms with Gasteiger partial charge in [0.05, 0.1) is 11.7 Å². The average Bonchev–Trinajstić information content (AvgIpc) is 2.27. The molecule has 0 amide bonds. The number of aromatic nitrogens is 2. The van der Waals surface area contributed by atoms with Crippen molar-refractivity contribution in [2.75, 3.05) is 0 Å². The van der Waals surface area contributed by atoms with Crippen molar-refractivity contribution in [3.63, 3.8) is 0 Å². The largest absolute Gasteiger partial charge is 0.296 e. The lowest BCUT2D eigenvalue weighted by Gasteiger charge is -2.31. The minimum atomic E-state index is 0.697. The molecule has 1 saturated carbocycles. The summed E-state index contributed by atoms with van der Waals surface area (Å²) < 4.78 is 2.31. The number of aryl methyl sites for hydroxylation is 1. The SMILES string of the molecule is Cc1cccc(-c2cn(C3CCCC(C)C3)[nH]2)c1. The van der Waals surface area contributed by atoms with E-state index in [4.69, 9.17) is 0 Å². The lowest BCUT2D eigenvalue weighted by atomic mass is 9.87. The highest BCUT2D eigenvalue weighted by molar-refractivity contribution is 5.59. The number of hydrogen-bond acceptors (Lipinski definition) is 0. The lowest BCUT2D eigenvalue weighted by molar-refractivity contribution is 0.258. The molecule has 1 aliphatic carbocycles. The highest BCUT2D eigenvalue weighted by atomic mass is 15.3. The van der Waals surface area contributed by atoms with Gasteiger partial charge in [-0.1, -0.05) is 43.5 Å². The van der Waals surface area contributed by atoms with Crippen LogP contribution in [-0.4, -0.2) is 9.78 Å². The Morgan fingerprint density at radius 2 is 2.11 bits per heavy atom. The number of aromatic amines is 1. The Morgan fingerprint density at radius 1 is 1.28 bits per heavy atom. The molecule has 1 N–H and O–H groups in total. The van der Waals surface area contributed by atoms with Crippen LogP contribution in [0.15, 0.2) is 30.5 Å². The van der Waals surface area contributed by atoms with E-state index in [2.05, 4.69) is 54.1 Å². The van der Waals surface area contributed by atoms with Crippen LogP contribution in [0, 0.1) is 12.8 Å². The first-order valence-corrected chi connectivity index (χ1v) is 7.06. The van der Waals surface area contributed by atoms with Crippen LogP contribution in [0.1, 0.15) is 44.2 Å². The molecule has 1 aliphatic rings. The Morgan fingerprint density at radius 3 is 2.83 bits per heavy atom. The van der Waals surface area contributed by atoms with E-state index in [1.54, 1.807) is 0 Å². The molecule has 18 heavy (non-hydrogen) atoms. The predicted octanol–water partition coefficient (Wildman–Crippen LogP) is 4.54. The van der Waals surface area contributed by atoms with Crippen molar-refractivity contribution in [3.8, 4) is 11.3 Å². The fourth-order valence-electron chi connectivity index (χ4n) is 3.08. The van der Waals surface area contributed by atoms with Crippen LogP contribution in [0.25, 0.3) is 11.3 Å². The molecule has 1 fully saturated rings. The predicted molar refractivity (Wildman–Crippen MR) is 75.6 cm³/mol. The molecule has 2 aromatic rings. The van der Waals surface area contributed by atoms with E-state index in [1.165, 1.54) is 42.5 Å². The van der Waals surface area contributed by atoms with E-state index < -0.39 is 0 Å². The first-order valence-electron chi connectivity index (χ1n) is 7.06. The van der Waals surface area contributed by atoms with E-state index in [9.17, 15) is 0 Å². The van der Waals surface area contributed by atoms with Crippen molar-refractivity contribution < 1.29 is 0 Å². The summed E-state index contributed by atoms with van der Waals surface area (Å²) in [6.07, 6.45) is 7.70. The summed E-state index contributed by atoms with van der Waals surface area (Å²) in [5, 5.41) is 3.51. The summed E-state index contributed by atoms with van der Waals surface area (Å²) >= 11 is 0. The normalized spacial score (nSPS) is 24.3. The Hall–Kier alpha value is -1.44. The van der Waals surface area contributed by atoms with E-state index in [0.717, 1.165) is 5.92 Å². The molecule has 0 radical (unpaired) electrons. The third kappa shape index (κ3) is 2.24. The van der Waals surface area contributed by atoms with Crippen LogP contribution in [0.5, 0.6) is 0 Å². The molecule has 1 heterocycles. The van der Waals surface area contributed by atoms with Gasteiger partial charge < -0.3 is 0 Å². The van der Waals surface area contributed by atoms with E-state index in [-0.39, 0.29) is 0 Å². The first-order chi connectivity index (χ1) is 8.72. The van der Waals surface area contributed by atoms with Gasteiger partial charge in [-0.15, -0.1) is 0 Å². The molecule has 0 bridgehead atoms. The molecule has 2 atom stereocenters. The van der Waals surface area contributed by atoms with Crippen molar-refractivity contribution in [1.29, 1.82) is 0 Å². The monoisotopic (exact) mass is 242 g/mol. The van der Waals surface area contributed by atoms with Crippen LogP contribution in [0.4, 0.5) is 0 Å². The smallest absolute Gasteiger partial charge is 0.0792 e. The number of H-pyrrole nitrogens is 1. The van der Waals surface area contributed by atoms with Crippen molar-refractivity contribution in [1.82, 2.24) is 9.78 Å². The second-order valence-electron chi connectivity index (χ2n) is 5.86. The number of hydrogen-bond donors (Lipinski definition) is 1. The zero-order valence-electron chi connectivity index (χ0n) is 11.3. The van der Waals surface area contributed by atoms with Gasteiger partial charge in [0.25, 0.3) is 0 Å². The molecule has 96 valence electrons. The van der Waals surface area contributed by atoms with Gasteiger partial charge in [0.15, 0.2) is 0 Å². The molecule has 3 rings (SSSR count). The van der Waals surface area contributed by atoms with E-state index in [0.29, 0.717) is 6.04 Å². The first kappa shape index (κ1) is 11.6. The Balaban J connectivity index is 1.73. The van der Waals surface area contributed by atoms with Crippen molar-refractivity contribution in [2.45, 2.75) is 45.6 Å². The summed E-state index contributed by atoms with van der Waals surface area (Å²) in [5.74, 6) is 0.877. The zero-order chi connectivity index (χ0) is 12.5. The number of nitrogens with zero attached hydrogens (tertiary/aromatic N) is 1. The summed E-state index contributed by atoms with van der Waals surface area (Å²) in [6.45, 7) is 4.51. The number of rotatable bonds is 2. The van der Waals surface area contributed by atoms with Gasteiger partial charge in [-0.2, -0.15) is 0 Å². The number of benzene rings is 1. The van der Waals surface area contributed by atoms with Crippen LogP contribution in [0.2, 0.25) is 0 Å². The van der Waals surface area contributed by atoms with Crippen LogP contribution >= 0.6 is 0 Å². The number of nitrogens with one attached hydrogen (secondary N) is 1. The third-order valence-electron chi connectivity index (χ3n) is 4.15. The molecule has 2 heteroatoms. The maximum absolute atomic E-state index is 3.51. The maximum atomic E-state index is 3.51. The quantitative estimate of drug-likeness (QED) is 0.798. The summed E-state index contributed by atoms with van der Waals surface area (Å²) in [7, 11) is 0. The minimum Gasteiger partial charge on any atom is -0.296 e. The summed E-state index contributed by atoms with van der Waals surface area (Å²) in [4.78, 5) is 0. The second kappa shape index (κ2) is 4.68. The zero-order valence-corrected chi connectivity index (χ0v) is 11.3. The van der Waals surface area contributed by atoms with E-state index in [1.807, 2.05) is 0 Å². The topological polar surface area (TPSA) is 20.7 Å². The molecular weight excluding hydrogens is 220 g/mol. The van der Waals surface area contributed by atoms with Crippen molar-refractivity contribution >= 4 is 0 Å². The third-order valence-corrected chi connectivity index (χ3v) is 4.15. The van der Waals surface area contributed by atoms with Gasteiger partial charge in [-0.25, -0.2) is 0 Å².